The zero-order valence-corrected chi connectivity index (χ0v) is 14.4. The summed E-state index contributed by atoms with van der Waals surface area (Å²) in [6, 6.07) is 18.2. The summed E-state index contributed by atoms with van der Waals surface area (Å²) in [4.78, 5) is 25.9. The molecule has 2 aromatic rings. The Balaban J connectivity index is 1.51. The van der Waals surface area contributed by atoms with Crippen LogP contribution in [0.25, 0.3) is 0 Å². The van der Waals surface area contributed by atoms with Crippen LogP contribution in [-0.4, -0.2) is 23.0 Å². The van der Waals surface area contributed by atoms with Gasteiger partial charge >= 0.3 is 5.97 Å². The van der Waals surface area contributed by atoms with Crippen molar-refractivity contribution in [2.45, 2.75) is 25.5 Å². The molecule has 1 saturated heterocycles. The monoisotopic (exact) mass is 354 g/mol. The van der Waals surface area contributed by atoms with Crippen LogP contribution in [0.1, 0.15) is 18.4 Å². The second-order valence-corrected chi connectivity index (χ2v) is 6.08. The third-order valence-electron chi connectivity index (χ3n) is 3.91. The molecule has 0 radical (unpaired) electrons. The third-order valence-corrected chi connectivity index (χ3v) is 4.21. The van der Waals surface area contributed by atoms with Gasteiger partial charge in [0, 0.05) is 6.42 Å². The van der Waals surface area contributed by atoms with Gasteiger partial charge in [0.1, 0.15) is 12.6 Å². The average molecular weight is 354 g/mol. The lowest BCUT2D eigenvalue weighted by Crippen LogP contribution is -2.31. The highest BCUT2D eigenvalue weighted by Gasteiger charge is 2.36. The molecule has 0 aromatic heterocycles. The number of hydrogen-bond acceptors (Lipinski definition) is 4. The van der Waals surface area contributed by atoms with Crippen molar-refractivity contribution in [2.75, 3.05) is 4.90 Å². The molecule has 6 heteroatoms. The number of anilines is 1. The first-order valence-corrected chi connectivity index (χ1v) is 8.45. The molecule has 1 aliphatic heterocycles. The number of carbonyl (C=O) groups is 2. The predicted molar refractivity (Wildman–Crippen MR) is 98.9 cm³/mol. The summed E-state index contributed by atoms with van der Waals surface area (Å²) in [5, 5.41) is 3.34. The summed E-state index contributed by atoms with van der Waals surface area (Å²) in [5.74, 6) is -0.477. The molecule has 1 fully saturated rings. The van der Waals surface area contributed by atoms with Gasteiger partial charge in [-0.1, -0.05) is 48.5 Å². The second kappa shape index (κ2) is 7.90. The summed E-state index contributed by atoms with van der Waals surface area (Å²) in [7, 11) is 0. The lowest BCUT2D eigenvalue weighted by Gasteiger charge is -2.14. The van der Waals surface area contributed by atoms with E-state index in [1.54, 1.807) is 0 Å². The maximum atomic E-state index is 12.5. The maximum Gasteiger partial charge on any atom is 0.306 e. The first kappa shape index (κ1) is 17.1. The van der Waals surface area contributed by atoms with E-state index in [0.717, 1.165) is 11.3 Å². The van der Waals surface area contributed by atoms with E-state index >= 15 is 0 Å². The van der Waals surface area contributed by atoms with Crippen LogP contribution in [-0.2, 0) is 20.9 Å². The molecule has 0 aliphatic carbocycles. The van der Waals surface area contributed by atoms with Crippen LogP contribution < -0.4 is 10.2 Å². The summed E-state index contributed by atoms with van der Waals surface area (Å²) < 4.78 is 5.24. The van der Waals surface area contributed by atoms with Crippen LogP contribution in [0, 0.1) is 0 Å². The SMILES string of the molecule is O=C(CCC1NC(=S)N(c2ccccc2)C1=O)OCc1ccccc1. The molecule has 128 valence electrons. The van der Waals surface area contributed by atoms with Crippen molar-refractivity contribution in [3.8, 4) is 0 Å². The van der Waals surface area contributed by atoms with E-state index in [2.05, 4.69) is 5.32 Å². The van der Waals surface area contributed by atoms with Gasteiger partial charge in [-0.15, -0.1) is 0 Å². The largest absolute Gasteiger partial charge is 0.461 e. The Morgan fingerprint density at radius 3 is 2.40 bits per heavy atom. The predicted octanol–water partition coefficient (Wildman–Crippen LogP) is 2.80. The molecule has 1 N–H and O–H groups in total. The molecule has 3 rings (SSSR count). The Bertz CT molecular complexity index is 765. The standard InChI is InChI=1S/C19H18N2O3S/c22-17(24-13-14-7-3-1-4-8-14)12-11-16-18(23)21(19(25)20-16)15-9-5-2-6-10-15/h1-10,16H,11-13H2,(H,20,25). The first-order valence-electron chi connectivity index (χ1n) is 8.04. The molecule has 1 heterocycles. The summed E-state index contributed by atoms with van der Waals surface area (Å²) >= 11 is 5.25. The van der Waals surface area contributed by atoms with Crippen molar-refractivity contribution in [3.05, 3.63) is 66.2 Å². The molecule has 0 spiro atoms. The number of thiocarbonyl (C=S) groups is 1. The number of nitrogens with zero attached hydrogens (tertiary/aromatic N) is 1. The highest BCUT2D eigenvalue weighted by molar-refractivity contribution is 7.80. The van der Waals surface area contributed by atoms with Crippen molar-refractivity contribution < 1.29 is 14.3 Å². The zero-order chi connectivity index (χ0) is 17.6. The molecular weight excluding hydrogens is 336 g/mol. The number of amides is 1. The van der Waals surface area contributed by atoms with Crippen molar-refractivity contribution in [3.63, 3.8) is 0 Å². The minimum absolute atomic E-state index is 0.146. The smallest absolute Gasteiger partial charge is 0.306 e. The average Bonchev–Trinajstić information content (AvgIpc) is 2.93. The van der Waals surface area contributed by atoms with Crippen LogP contribution in [0.4, 0.5) is 5.69 Å². The molecular formula is C19H18N2O3S. The number of esters is 1. The molecule has 1 aliphatic rings. The van der Waals surface area contributed by atoms with Crippen molar-refractivity contribution in [2.24, 2.45) is 0 Å². The third kappa shape index (κ3) is 4.22. The Hall–Kier alpha value is -2.73. The molecule has 2 aromatic carbocycles. The fourth-order valence-electron chi connectivity index (χ4n) is 2.62. The van der Waals surface area contributed by atoms with Crippen LogP contribution in [0.5, 0.6) is 0 Å². The molecule has 1 atom stereocenters. The Morgan fingerprint density at radius 1 is 1.08 bits per heavy atom. The Morgan fingerprint density at radius 2 is 1.72 bits per heavy atom. The summed E-state index contributed by atoms with van der Waals surface area (Å²) in [6.07, 6.45) is 0.497. The Kier molecular flexibility index (Phi) is 5.40. The molecule has 0 bridgehead atoms. The van der Waals surface area contributed by atoms with Gasteiger partial charge in [0.05, 0.1) is 5.69 Å². The molecule has 0 saturated carbocycles. The summed E-state index contributed by atoms with van der Waals surface area (Å²) in [5.41, 5.74) is 1.65. The van der Waals surface area contributed by atoms with Crippen molar-refractivity contribution >= 4 is 34.9 Å². The van der Waals surface area contributed by atoms with E-state index in [9.17, 15) is 9.59 Å². The van der Waals surface area contributed by atoms with Gasteiger partial charge < -0.3 is 10.1 Å². The summed E-state index contributed by atoms with van der Waals surface area (Å²) in [6.45, 7) is 0.236. The quantitative estimate of drug-likeness (QED) is 0.639. The topological polar surface area (TPSA) is 58.6 Å². The number of nitrogens with one attached hydrogen (secondary N) is 1. The molecule has 5 nitrogen and oxygen atoms in total. The van der Waals surface area contributed by atoms with Gasteiger partial charge in [-0.3, -0.25) is 14.5 Å². The maximum absolute atomic E-state index is 12.5. The van der Waals surface area contributed by atoms with Gasteiger partial charge in [0.25, 0.3) is 5.91 Å². The van der Waals surface area contributed by atoms with Crippen LogP contribution in [0.15, 0.2) is 60.7 Å². The first-order chi connectivity index (χ1) is 12.1. The lowest BCUT2D eigenvalue weighted by atomic mass is 10.1. The second-order valence-electron chi connectivity index (χ2n) is 5.70. The molecule has 1 unspecified atom stereocenters. The van der Waals surface area contributed by atoms with E-state index in [0.29, 0.717) is 11.5 Å². The molecule has 25 heavy (non-hydrogen) atoms. The van der Waals surface area contributed by atoms with Crippen LogP contribution in [0.3, 0.4) is 0 Å². The van der Waals surface area contributed by atoms with E-state index < -0.39 is 6.04 Å². The van der Waals surface area contributed by atoms with Gasteiger partial charge in [0.15, 0.2) is 5.11 Å². The van der Waals surface area contributed by atoms with Crippen LogP contribution in [0.2, 0.25) is 0 Å². The highest BCUT2D eigenvalue weighted by atomic mass is 32.1. The van der Waals surface area contributed by atoms with Gasteiger partial charge in [0.2, 0.25) is 0 Å². The highest BCUT2D eigenvalue weighted by Crippen LogP contribution is 2.21. The fraction of sp³-hybridized carbons (Fsp3) is 0.211. The number of carbonyl (C=O) groups excluding carboxylic acids is 2. The van der Waals surface area contributed by atoms with Crippen LogP contribution >= 0.6 is 12.2 Å². The van der Waals surface area contributed by atoms with E-state index in [-0.39, 0.29) is 24.9 Å². The number of hydrogen-bond donors (Lipinski definition) is 1. The van der Waals surface area contributed by atoms with Gasteiger partial charge in [-0.25, -0.2) is 0 Å². The minimum Gasteiger partial charge on any atom is -0.461 e. The zero-order valence-electron chi connectivity index (χ0n) is 13.6. The van der Waals surface area contributed by atoms with Gasteiger partial charge in [-0.2, -0.15) is 0 Å². The number of para-hydroxylation sites is 1. The van der Waals surface area contributed by atoms with Crippen molar-refractivity contribution in [1.29, 1.82) is 0 Å². The number of ether oxygens (including phenoxy) is 1. The van der Waals surface area contributed by atoms with Gasteiger partial charge in [-0.05, 0) is 36.3 Å². The molecule has 1 amide bonds. The van der Waals surface area contributed by atoms with E-state index in [4.69, 9.17) is 17.0 Å². The van der Waals surface area contributed by atoms with Crippen molar-refractivity contribution in [1.82, 2.24) is 5.32 Å². The number of benzene rings is 2. The van der Waals surface area contributed by atoms with E-state index in [1.807, 2.05) is 60.7 Å². The van der Waals surface area contributed by atoms with E-state index in [1.165, 1.54) is 4.90 Å². The fourth-order valence-corrected chi connectivity index (χ4v) is 2.96. The lowest BCUT2D eigenvalue weighted by molar-refractivity contribution is -0.145. The Labute approximate surface area is 151 Å². The normalized spacial score (nSPS) is 16.6. The minimum atomic E-state index is -0.503. The number of rotatable bonds is 6.